The second kappa shape index (κ2) is 6.31. The number of carbonyl (C=O) groups excluding carboxylic acids is 2. The Morgan fingerprint density at radius 2 is 2.00 bits per heavy atom. The van der Waals surface area contributed by atoms with Crippen LogP contribution in [0.5, 0.6) is 0 Å². The average Bonchev–Trinajstić information content (AvgIpc) is 2.64. The number of Topliss-reactive ketones (excluding diaryl/α,β-unsaturated/α-hetero) is 1. The smallest absolute Gasteiger partial charge is 0.299 e. The molecule has 0 N–H and O–H groups in total. The summed E-state index contributed by atoms with van der Waals surface area (Å²) < 4.78 is 13.8. The fourth-order valence-electron chi connectivity index (χ4n) is 2.25. The Balaban J connectivity index is 2.12. The molecule has 1 aromatic carbocycles. The van der Waals surface area contributed by atoms with E-state index < -0.39 is 17.5 Å². The second-order valence-corrected chi connectivity index (χ2v) is 5.56. The predicted octanol–water partition coefficient (Wildman–Crippen LogP) is 3.86. The fourth-order valence-corrected chi connectivity index (χ4v) is 2.59. The maximum atomic E-state index is 13.6. The van der Waals surface area contributed by atoms with Crippen molar-refractivity contribution in [3.63, 3.8) is 0 Å². The van der Waals surface area contributed by atoms with Gasteiger partial charge in [-0.15, -0.1) is 6.58 Å². The van der Waals surface area contributed by atoms with Gasteiger partial charge in [-0.3, -0.25) is 9.59 Å². The number of nitrogens with zero attached hydrogens (tertiary/aromatic N) is 1. The minimum atomic E-state index is -0.568. The van der Waals surface area contributed by atoms with E-state index >= 15 is 0 Å². The van der Waals surface area contributed by atoms with E-state index in [1.807, 2.05) is 6.08 Å². The normalized spacial score (nSPS) is 13.8. The summed E-state index contributed by atoms with van der Waals surface area (Å²) in [5.74, 6) is -1.60. The maximum Gasteiger partial charge on any atom is 0.299 e. The van der Waals surface area contributed by atoms with Crippen LogP contribution in [0.2, 0.25) is 0 Å². The van der Waals surface area contributed by atoms with Gasteiger partial charge < -0.3 is 4.90 Å². The van der Waals surface area contributed by atoms with E-state index in [4.69, 9.17) is 0 Å². The summed E-state index contributed by atoms with van der Waals surface area (Å²) in [6, 6.07) is 2.62. The molecule has 0 aliphatic carbocycles. The van der Waals surface area contributed by atoms with Crippen LogP contribution in [0.1, 0.15) is 36.0 Å². The van der Waals surface area contributed by atoms with Gasteiger partial charge in [0.2, 0.25) is 0 Å². The Morgan fingerprint density at radius 3 is 2.70 bits per heavy atom. The first-order valence-electron chi connectivity index (χ1n) is 6.52. The van der Waals surface area contributed by atoms with Gasteiger partial charge in [-0.1, -0.05) is 12.5 Å². The Hall–Kier alpha value is -1.49. The third kappa shape index (κ3) is 2.82. The Morgan fingerprint density at radius 1 is 1.25 bits per heavy atom. The molecule has 5 heteroatoms. The highest BCUT2D eigenvalue weighted by molar-refractivity contribution is 9.10. The average molecular weight is 340 g/mol. The number of unbranched alkanes of at least 4 members (excludes halogenated alkanes) is 3. The molecule has 0 radical (unpaired) electrons. The summed E-state index contributed by atoms with van der Waals surface area (Å²) in [6.45, 7) is 4.09. The minimum Gasteiger partial charge on any atom is -0.305 e. The van der Waals surface area contributed by atoms with Crippen molar-refractivity contribution < 1.29 is 14.0 Å². The molecule has 20 heavy (non-hydrogen) atoms. The third-order valence-corrected chi connectivity index (χ3v) is 3.91. The zero-order valence-corrected chi connectivity index (χ0v) is 12.6. The first-order valence-corrected chi connectivity index (χ1v) is 7.31. The lowest BCUT2D eigenvalue weighted by atomic mass is 10.1. The molecule has 0 saturated heterocycles. The monoisotopic (exact) mass is 339 g/mol. The fraction of sp³-hybridized carbons (Fsp3) is 0.333. The number of halogens is 2. The number of anilines is 1. The molecule has 3 nitrogen and oxygen atoms in total. The highest BCUT2D eigenvalue weighted by Crippen LogP contribution is 2.33. The standard InChI is InChI=1S/C15H15BrFNO2/c1-2-3-4-5-6-7-18-13-9-12(17)11(16)8-10(13)14(19)15(18)20/h2,8-9H,1,3-7H2. The van der Waals surface area contributed by atoms with Gasteiger partial charge in [-0.05, 0) is 47.3 Å². The van der Waals surface area contributed by atoms with Crippen molar-refractivity contribution in [1.29, 1.82) is 0 Å². The summed E-state index contributed by atoms with van der Waals surface area (Å²) in [4.78, 5) is 25.2. The number of carbonyl (C=O) groups is 2. The van der Waals surface area contributed by atoms with Crippen LogP contribution in [0.15, 0.2) is 29.3 Å². The molecule has 0 fully saturated rings. The van der Waals surface area contributed by atoms with Gasteiger partial charge in [0.1, 0.15) is 5.82 Å². The highest BCUT2D eigenvalue weighted by atomic mass is 79.9. The second-order valence-electron chi connectivity index (χ2n) is 4.71. The van der Waals surface area contributed by atoms with Gasteiger partial charge in [0.05, 0.1) is 15.7 Å². The van der Waals surface area contributed by atoms with Crippen LogP contribution in [0.25, 0.3) is 0 Å². The lowest BCUT2D eigenvalue weighted by molar-refractivity contribution is -0.114. The number of rotatable bonds is 6. The molecule has 1 aliphatic rings. The van der Waals surface area contributed by atoms with Crippen molar-refractivity contribution in [2.75, 3.05) is 11.4 Å². The van der Waals surface area contributed by atoms with E-state index in [1.54, 1.807) is 0 Å². The lowest BCUT2D eigenvalue weighted by Gasteiger charge is -2.16. The largest absolute Gasteiger partial charge is 0.305 e. The summed E-state index contributed by atoms with van der Waals surface area (Å²) in [5.41, 5.74) is 0.652. The topological polar surface area (TPSA) is 37.4 Å². The van der Waals surface area contributed by atoms with E-state index in [-0.39, 0.29) is 10.0 Å². The summed E-state index contributed by atoms with van der Waals surface area (Å²) in [5, 5.41) is 0. The van der Waals surface area contributed by atoms with Gasteiger partial charge in [-0.25, -0.2) is 4.39 Å². The van der Waals surface area contributed by atoms with Crippen molar-refractivity contribution in [2.24, 2.45) is 0 Å². The first-order chi connectivity index (χ1) is 9.56. The highest BCUT2D eigenvalue weighted by Gasteiger charge is 2.36. The molecule has 1 heterocycles. The Labute approximate surface area is 125 Å². The van der Waals surface area contributed by atoms with E-state index in [0.29, 0.717) is 12.2 Å². The van der Waals surface area contributed by atoms with Crippen LogP contribution >= 0.6 is 15.9 Å². The minimum absolute atomic E-state index is 0.199. The lowest BCUT2D eigenvalue weighted by Crippen LogP contribution is -2.30. The van der Waals surface area contributed by atoms with Gasteiger partial charge in [0.15, 0.2) is 0 Å². The van der Waals surface area contributed by atoms with Crippen LogP contribution < -0.4 is 4.90 Å². The molecule has 1 aliphatic heterocycles. The molecular formula is C15H15BrFNO2. The maximum absolute atomic E-state index is 13.6. The predicted molar refractivity (Wildman–Crippen MR) is 79.4 cm³/mol. The molecule has 0 unspecified atom stereocenters. The molecule has 0 spiro atoms. The number of hydrogen-bond donors (Lipinski definition) is 0. The van der Waals surface area contributed by atoms with Gasteiger partial charge in [-0.2, -0.15) is 0 Å². The van der Waals surface area contributed by atoms with Crippen LogP contribution in [-0.4, -0.2) is 18.2 Å². The van der Waals surface area contributed by atoms with Crippen molar-refractivity contribution in [3.8, 4) is 0 Å². The number of benzene rings is 1. The zero-order chi connectivity index (χ0) is 14.7. The number of amides is 1. The first kappa shape index (κ1) is 14.9. The van der Waals surface area contributed by atoms with Gasteiger partial charge in [0.25, 0.3) is 11.7 Å². The van der Waals surface area contributed by atoms with E-state index in [2.05, 4.69) is 22.5 Å². The molecule has 1 aromatic rings. The third-order valence-electron chi connectivity index (χ3n) is 3.30. The quantitative estimate of drug-likeness (QED) is 0.448. The summed E-state index contributed by atoms with van der Waals surface area (Å²) >= 11 is 3.03. The molecule has 2 rings (SSSR count). The summed E-state index contributed by atoms with van der Waals surface area (Å²) in [6.07, 6.45) is 5.52. The summed E-state index contributed by atoms with van der Waals surface area (Å²) in [7, 11) is 0. The van der Waals surface area contributed by atoms with Crippen molar-refractivity contribution in [3.05, 3.63) is 40.6 Å². The number of allylic oxidation sites excluding steroid dienone is 1. The van der Waals surface area contributed by atoms with Crippen molar-refractivity contribution in [1.82, 2.24) is 0 Å². The molecule has 0 aromatic heterocycles. The van der Waals surface area contributed by atoms with Crippen LogP contribution in [-0.2, 0) is 4.79 Å². The number of ketones is 1. The Kier molecular flexibility index (Phi) is 4.70. The van der Waals surface area contributed by atoms with E-state index in [0.717, 1.165) is 25.7 Å². The number of hydrogen-bond acceptors (Lipinski definition) is 2. The van der Waals surface area contributed by atoms with E-state index in [9.17, 15) is 14.0 Å². The van der Waals surface area contributed by atoms with Crippen molar-refractivity contribution >= 4 is 33.3 Å². The molecule has 106 valence electrons. The molecule has 0 bridgehead atoms. The SMILES string of the molecule is C=CCCCCCN1C(=O)C(=O)c2cc(Br)c(F)cc21. The molecule has 0 saturated carbocycles. The molecular weight excluding hydrogens is 325 g/mol. The van der Waals surface area contributed by atoms with Crippen LogP contribution in [0.4, 0.5) is 10.1 Å². The molecule has 1 amide bonds. The Bertz CT molecular complexity index is 571. The number of fused-ring (bicyclic) bond motifs is 1. The van der Waals surface area contributed by atoms with Crippen LogP contribution in [0, 0.1) is 5.82 Å². The van der Waals surface area contributed by atoms with Crippen LogP contribution in [0.3, 0.4) is 0 Å². The van der Waals surface area contributed by atoms with E-state index in [1.165, 1.54) is 17.0 Å². The molecule has 0 atom stereocenters. The van der Waals surface area contributed by atoms with Gasteiger partial charge >= 0.3 is 0 Å². The zero-order valence-electron chi connectivity index (χ0n) is 11.0. The van der Waals surface area contributed by atoms with Crippen molar-refractivity contribution in [2.45, 2.75) is 25.7 Å². The van der Waals surface area contributed by atoms with Gasteiger partial charge in [0, 0.05) is 6.54 Å².